The minimum atomic E-state index is -0.745. The number of benzene rings is 3. The molecule has 29 heavy (non-hydrogen) atoms. The predicted molar refractivity (Wildman–Crippen MR) is 126 cm³/mol. The van der Waals surface area contributed by atoms with Crippen molar-refractivity contribution < 1.29 is 9.47 Å². The normalized spacial score (nSPS) is 11.3. The van der Waals surface area contributed by atoms with Gasteiger partial charge in [0.05, 0.1) is 13.2 Å². The monoisotopic (exact) mass is 406 g/mol. The van der Waals surface area contributed by atoms with Crippen LogP contribution in [0.25, 0.3) is 0 Å². The summed E-state index contributed by atoms with van der Waals surface area (Å²) < 4.78 is 12.6. The Hall–Kier alpha value is -2.31. The molecule has 0 saturated heterocycles. The molecule has 0 aliphatic carbocycles. The van der Waals surface area contributed by atoms with Crippen LogP contribution in [-0.2, 0) is 0 Å². The molecule has 0 heterocycles. The molecule has 3 aromatic carbocycles. The van der Waals surface area contributed by atoms with Crippen LogP contribution >= 0.6 is 7.92 Å². The van der Waals surface area contributed by atoms with E-state index < -0.39 is 7.92 Å². The van der Waals surface area contributed by atoms with E-state index in [9.17, 15) is 0 Å². The van der Waals surface area contributed by atoms with Crippen LogP contribution in [0.15, 0.2) is 78.9 Å². The second-order valence-corrected chi connectivity index (χ2v) is 10.2. The van der Waals surface area contributed by atoms with E-state index in [4.69, 9.17) is 9.47 Å². The van der Waals surface area contributed by atoms with Gasteiger partial charge in [0.15, 0.2) is 11.5 Å². The molecule has 0 fully saturated rings. The Morgan fingerprint density at radius 3 is 1.66 bits per heavy atom. The quantitative estimate of drug-likeness (QED) is 0.436. The minimum Gasteiger partial charge on any atom is -0.489 e. The molecule has 3 rings (SSSR count). The molecule has 152 valence electrons. The van der Waals surface area contributed by atoms with E-state index in [0.717, 1.165) is 11.5 Å². The first-order valence-electron chi connectivity index (χ1n) is 10.3. The van der Waals surface area contributed by atoms with Gasteiger partial charge in [0.2, 0.25) is 0 Å². The number of rotatable bonds is 9. The fraction of sp³-hybridized carbons (Fsp3) is 0.308. The van der Waals surface area contributed by atoms with Crippen LogP contribution in [-0.4, -0.2) is 13.2 Å². The zero-order chi connectivity index (χ0) is 20.6. The first kappa shape index (κ1) is 21.4. The van der Waals surface area contributed by atoms with Gasteiger partial charge in [-0.3, -0.25) is 0 Å². The van der Waals surface area contributed by atoms with Gasteiger partial charge in [0.1, 0.15) is 0 Å². The van der Waals surface area contributed by atoms with Crippen LogP contribution in [0.1, 0.15) is 27.7 Å². The van der Waals surface area contributed by atoms with Crippen LogP contribution in [0.5, 0.6) is 11.5 Å². The third-order valence-electron chi connectivity index (χ3n) is 4.36. The topological polar surface area (TPSA) is 18.5 Å². The van der Waals surface area contributed by atoms with Crippen LogP contribution < -0.4 is 25.4 Å². The second-order valence-electron chi connectivity index (χ2n) is 8.02. The third kappa shape index (κ3) is 5.84. The summed E-state index contributed by atoms with van der Waals surface area (Å²) in [5.41, 5.74) is 0. The fourth-order valence-corrected chi connectivity index (χ4v) is 5.43. The Kier molecular flexibility index (Phi) is 7.72. The van der Waals surface area contributed by atoms with Crippen LogP contribution in [0, 0.1) is 11.8 Å². The summed E-state index contributed by atoms with van der Waals surface area (Å²) in [6.45, 7) is 10.0. The lowest BCUT2D eigenvalue weighted by molar-refractivity contribution is 0.231. The molecule has 0 amide bonds. The molecule has 0 unspecified atom stereocenters. The summed E-state index contributed by atoms with van der Waals surface area (Å²) in [7, 11) is -0.745. The highest BCUT2D eigenvalue weighted by Crippen LogP contribution is 2.40. The molecule has 3 aromatic rings. The Morgan fingerprint density at radius 2 is 1.14 bits per heavy atom. The average Bonchev–Trinajstić information content (AvgIpc) is 2.73. The first-order valence-corrected chi connectivity index (χ1v) is 11.7. The maximum Gasteiger partial charge on any atom is 0.169 e. The van der Waals surface area contributed by atoms with Gasteiger partial charge in [-0.05, 0) is 42.5 Å². The van der Waals surface area contributed by atoms with Crippen LogP contribution in [0.2, 0.25) is 0 Å². The van der Waals surface area contributed by atoms with Gasteiger partial charge in [-0.25, -0.2) is 0 Å². The van der Waals surface area contributed by atoms with E-state index in [1.165, 1.54) is 15.9 Å². The molecule has 0 aliphatic heterocycles. The summed E-state index contributed by atoms with van der Waals surface area (Å²) in [6.07, 6.45) is 0. The van der Waals surface area contributed by atoms with Crippen molar-refractivity contribution in [3.8, 4) is 11.5 Å². The largest absolute Gasteiger partial charge is 0.489 e. The van der Waals surface area contributed by atoms with E-state index in [-0.39, 0.29) is 0 Å². The molecule has 0 saturated carbocycles. The van der Waals surface area contributed by atoms with Crippen LogP contribution in [0.3, 0.4) is 0 Å². The van der Waals surface area contributed by atoms with Gasteiger partial charge in [-0.2, -0.15) is 0 Å². The highest BCUT2D eigenvalue weighted by Gasteiger charge is 2.23. The maximum absolute atomic E-state index is 6.38. The summed E-state index contributed by atoms with van der Waals surface area (Å²) in [4.78, 5) is 0. The lowest BCUT2D eigenvalue weighted by atomic mass is 10.2. The second kappa shape index (κ2) is 10.5. The van der Waals surface area contributed by atoms with Crippen molar-refractivity contribution >= 4 is 23.8 Å². The Morgan fingerprint density at radius 1 is 0.621 bits per heavy atom. The van der Waals surface area contributed by atoms with E-state index >= 15 is 0 Å². The lowest BCUT2D eigenvalue weighted by Crippen LogP contribution is -2.23. The number of hydrogen-bond acceptors (Lipinski definition) is 2. The predicted octanol–water partition coefficient (Wildman–Crippen LogP) is 5.51. The Bertz CT molecular complexity index is 836. The van der Waals surface area contributed by atoms with Crippen molar-refractivity contribution in [2.45, 2.75) is 27.7 Å². The minimum absolute atomic E-state index is 0.445. The highest BCUT2D eigenvalue weighted by atomic mass is 31.1. The van der Waals surface area contributed by atoms with E-state index in [1.54, 1.807) is 0 Å². The van der Waals surface area contributed by atoms with Crippen molar-refractivity contribution in [1.29, 1.82) is 0 Å². The van der Waals surface area contributed by atoms with Crippen molar-refractivity contribution in [3.63, 3.8) is 0 Å². The summed E-state index contributed by atoms with van der Waals surface area (Å²) >= 11 is 0. The van der Waals surface area contributed by atoms with Gasteiger partial charge in [0.25, 0.3) is 0 Å². The van der Waals surface area contributed by atoms with Crippen molar-refractivity contribution in [3.05, 3.63) is 78.9 Å². The van der Waals surface area contributed by atoms with Crippen LogP contribution in [0.4, 0.5) is 0 Å². The molecule has 0 radical (unpaired) electrons. The molecule has 0 N–H and O–H groups in total. The SMILES string of the molecule is CC(C)COc1cccc(P(c2ccccc2)c2ccccc2)c1OCC(C)C. The van der Waals surface area contributed by atoms with Crippen molar-refractivity contribution in [2.24, 2.45) is 11.8 Å². The average molecular weight is 407 g/mol. The third-order valence-corrected chi connectivity index (χ3v) is 6.82. The fourth-order valence-electron chi connectivity index (χ4n) is 3.03. The standard InChI is InChI=1S/C26H31O2P/c1-20(2)18-27-24-16-11-17-25(26(24)28-19-21(3)4)29(22-12-7-5-8-13-22)23-14-9-6-10-15-23/h5-17,20-21H,18-19H2,1-4H3. The van der Waals surface area contributed by atoms with Gasteiger partial charge >= 0.3 is 0 Å². The van der Waals surface area contributed by atoms with E-state index in [2.05, 4.69) is 100 Å². The van der Waals surface area contributed by atoms with E-state index in [0.29, 0.717) is 25.0 Å². The smallest absolute Gasteiger partial charge is 0.169 e. The lowest BCUT2D eigenvalue weighted by Gasteiger charge is -2.24. The molecule has 2 nitrogen and oxygen atoms in total. The maximum atomic E-state index is 6.38. The zero-order valence-corrected chi connectivity index (χ0v) is 18.7. The number of hydrogen-bond donors (Lipinski definition) is 0. The molecule has 0 atom stereocenters. The van der Waals surface area contributed by atoms with Crippen molar-refractivity contribution in [1.82, 2.24) is 0 Å². The summed E-state index contributed by atoms with van der Waals surface area (Å²) in [5.74, 6) is 2.64. The molecular formula is C26H31O2P. The van der Waals surface area contributed by atoms with Crippen molar-refractivity contribution in [2.75, 3.05) is 13.2 Å². The molecule has 3 heteroatoms. The number of ether oxygens (including phenoxy) is 2. The van der Waals surface area contributed by atoms with Gasteiger partial charge in [-0.15, -0.1) is 0 Å². The summed E-state index contributed by atoms with van der Waals surface area (Å²) in [5, 5.41) is 3.83. The van der Waals surface area contributed by atoms with E-state index in [1.807, 2.05) is 6.07 Å². The molecule has 0 aromatic heterocycles. The number of para-hydroxylation sites is 1. The first-order chi connectivity index (χ1) is 14.1. The van der Waals surface area contributed by atoms with Gasteiger partial charge in [0, 0.05) is 5.30 Å². The Balaban J connectivity index is 2.12. The molecule has 0 spiro atoms. The molecule has 0 bridgehead atoms. The Labute approximate surface area is 176 Å². The highest BCUT2D eigenvalue weighted by molar-refractivity contribution is 7.80. The molecule has 0 aliphatic rings. The van der Waals surface area contributed by atoms with Gasteiger partial charge < -0.3 is 9.47 Å². The zero-order valence-electron chi connectivity index (χ0n) is 17.8. The summed E-state index contributed by atoms with van der Waals surface area (Å²) in [6, 6.07) is 27.8. The molecular weight excluding hydrogens is 375 g/mol. The van der Waals surface area contributed by atoms with Gasteiger partial charge in [-0.1, -0.05) is 94.4 Å².